The third-order valence-corrected chi connectivity index (χ3v) is 1.78. The zero-order valence-corrected chi connectivity index (χ0v) is 7.31. The highest BCUT2D eigenvalue weighted by atomic mass is 16.3. The highest BCUT2D eigenvalue weighted by Gasteiger charge is 2.04. The number of rotatable bonds is 2. The van der Waals surface area contributed by atoms with Gasteiger partial charge in [0.05, 0.1) is 0 Å². The predicted molar refractivity (Wildman–Crippen MR) is 52.7 cm³/mol. The van der Waals surface area contributed by atoms with E-state index in [1.54, 1.807) is 30.5 Å². The third-order valence-electron chi connectivity index (χ3n) is 1.78. The van der Waals surface area contributed by atoms with Gasteiger partial charge in [0.15, 0.2) is 17.8 Å². The van der Waals surface area contributed by atoms with Gasteiger partial charge in [-0.1, -0.05) is 11.5 Å². The zero-order valence-electron chi connectivity index (χ0n) is 7.31. The van der Waals surface area contributed by atoms with Crippen molar-refractivity contribution in [2.24, 2.45) is 0 Å². The van der Waals surface area contributed by atoms with Crippen LogP contribution in [0.2, 0.25) is 0 Å². The van der Waals surface area contributed by atoms with Gasteiger partial charge in [-0.05, 0) is 18.2 Å². The van der Waals surface area contributed by atoms with Crippen molar-refractivity contribution in [2.75, 3.05) is 0 Å². The molecule has 0 amide bonds. The molecule has 0 aromatic carbocycles. The Hall–Kier alpha value is -1.84. The summed E-state index contributed by atoms with van der Waals surface area (Å²) in [6, 6.07) is 6.76. The molecule has 0 saturated carbocycles. The Labute approximate surface area is 82.2 Å². The van der Waals surface area contributed by atoms with E-state index in [4.69, 9.17) is 12.3 Å². The van der Waals surface area contributed by atoms with E-state index in [1.807, 2.05) is 0 Å². The van der Waals surface area contributed by atoms with E-state index in [9.17, 15) is 4.79 Å². The largest absolute Gasteiger partial charge is 0.452 e. The number of hydrogen-bond acceptors (Lipinski definition) is 3. The molecule has 2 heterocycles. The van der Waals surface area contributed by atoms with Crippen molar-refractivity contribution in [1.82, 2.24) is 4.98 Å². The van der Waals surface area contributed by atoms with E-state index in [0.29, 0.717) is 29.0 Å². The van der Waals surface area contributed by atoms with Crippen LogP contribution in [0.15, 0.2) is 34.9 Å². The van der Waals surface area contributed by atoms with Gasteiger partial charge in [-0.15, -0.1) is 0 Å². The normalized spacial score (nSPS) is 10.0. The Morgan fingerprint density at radius 2 is 2.14 bits per heavy atom. The van der Waals surface area contributed by atoms with Crippen molar-refractivity contribution >= 4 is 19.6 Å². The lowest BCUT2D eigenvalue weighted by molar-refractivity contribution is 0.110. The second kappa shape index (κ2) is 3.50. The molecule has 2 aromatic rings. The van der Waals surface area contributed by atoms with Gasteiger partial charge in [-0.3, -0.25) is 9.78 Å². The molecule has 66 valence electrons. The Morgan fingerprint density at radius 3 is 2.71 bits per heavy atom. The second-order valence-corrected chi connectivity index (χ2v) is 2.80. The van der Waals surface area contributed by atoms with Crippen LogP contribution in [0.1, 0.15) is 10.6 Å². The van der Waals surface area contributed by atoms with Gasteiger partial charge >= 0.3 is 0 Å². The first kappa shape index (κ1) is 8.75. The maximum atomic E-state index is 10.4. The molecule has 0 atom stereocenters. The minimum atomic E-state index is 0.290. The minimum Gasteiger partial charge on any atom is -0.452 e. The first-order valence-electron chi connectivity index (χ1n) is 4.06. The summed E-state index contributed by atoms with van der Waals surface area (Å²) < 4.78 is 5.19. The Kier molecular flexibility index (Phi) is 2.19. The lowest BCUT2D eigenvalue weighted by Gasteiger charge is -1.95. The van der Waals surface area contributed by atoms with Crippen molar-refractivity contribution in [1.29, 1.82) is 0 Å². The first-order valence-corrected chi connectivity index (χ1v) is 4.06. The SMILES string of the molecule is [B]c1ccc(-c2ccc(C=O)o2)nc1. The van der Waals surface area contributed by atoms with Crippen LogP contribution in [0.3, 0.4) is 0 Å². The van der Waals surface area contributed by atoms with Crippen LogP contribution in [-0.4, -0.2) is 19.1 Å². The second-order valence-electron chi connectivity index (χ2n) is 2.80. The molecule has 0 spiro atoms. The maximum Gasteiger partial charge on any atom is 0.185 e. The molecular formula is C10H6BNO2. The number of nitrogens with zero attached hydrogens (tertiary/aromatic N) is 1. The fourth-order valence-corrected chi connectivity index (χ4v) is 1.10. The molecule has 2 rings (SSSR count). The molecule has 0 N–H and O–H groups in total. The van der Waals surface area contributed by atoms with Gasteiger partial charge in [0, 0.05) is 6.20 Å². The summed E-state index contributed by atoms with van der Waals surface area (Å²) in [4.78, 5) is 14.4. The number of carbonyl (C=O) groups excluding carboxylic acids is 1. The van der Waals surface area contributed by atoms with Crippen molar-refractivity contribution in [2.45, 2.75) is 0 Å². The molecule has 0 unspecified atom stereocenters. The molecule has 3 nitrogen and oxygen atoms in total. The number of hydrogen-bond donors (Lipinski definition) is 0. The molecule has 2 aromatic heterocycles. The smallest absolute Gasteiger partial charge is 0.185 e. The van der Waals surface area contributed by atoms with E-state index in [-0.39, 0.29) is 0 Å². The molecule has 0 bridgehead atoms. The van der Waals surface area contributed by atoms with Crippen LogP contribution >= 0.6 is 0 Å². The van der Waals surface area contributed by atoms with Crippen LogP contribution in [0, 0.1) is 0 Å². The van der Waals surface area contributed by atoms with E-state index in [1.165, 1.54) is 0 Å². The predicted octanol–water partition coefficient (Wildman–Crippen LogP) is 0.948. The summed E-state index contributed by atoms with van der Waals surface area (Å²) in [5.41, 5.74) is 1.25. The molecule has 2 radical (unpaired) electrons. The minimum absolute atomic E-state index is 0.290. The summed E-state index contributed by atoms with van der Waals surface area (Å²) in [5, 5.41) is 0. The van der Waals surface area contributed by atoms with Crippen LogP contribution in [0.5, 0.6) is 0 Å². The molecule has 0 aliphatic heterocycles. The van der Waals surface area contributed by atoms with Crippen molar-refractivity contribution in [3.05, 3.63) is 36.2 Å². The molecule has 0 fully saturated rings. The van der Waals surface area contributed by atoms with E-state index < -0.39 is 0 Å². The van der Waals surface area contributed by atoms with Crippen molar-refractivity contribution in [3.8, 4) is 11.5 Å². The van der Waals surface area contributed by atoms with E-state index >= 15 is 0 Å². The average molecular weight is 183 g/mol. The summed E-state index contributed by atoms with van der Waals surface area (Å²) in [7, 11) is 5.49. The molecule has 0 aliphatic carbocycles. The third kappa shape index (κ3) is 1.59. The molecule has 4 heteroatoms. The van der Waals surface area contributed by atoms with E-state index in [0.717, 1.165) is 0 Å². The Balaban J connectivity index is 2.39. The fourth-order valence-electron chi connectivity index (χ4n) is 1.10. The summed E-state index contributed by atoms with van der Waals surface area (Å²) >= 11 is 0. The monoisotopic (exact) mass is 183 g/mol. The summed E-state index contributed by atoms with van der Waals surface area (Å²) in [6.45, 7) is 0. The lowest BCUT2D eigenvalue weighted by atomic mass is 9.99. The van der Waals surface area contributed by atoms with Crippen LogP contribution in [0.25, 0.3) is 11.5 Å². The van der Waals surface area contributed by atoms with Gasteiger partial charge in [0.1, 0.15) is 13.5 Å². The molecule has 0 saturated heterocycles. The van der Waals surface area contributed by atoms with Gasteiger partial charge in [-0.2, -0.15) is 0 Å². The number of pyridine rings is 1. The number of aromatic nitrogens is 1. The quantitative estimate of drug-likeness (QED) is 0.514. The number of carbonyl (C=O) groups is 1. The Morgan fingerprint density at radius 1 is 1.29 bits per heavy atom. The summed E-state index contributed by atoms with van der Waals surface area (Å²) in [5.74, 6) is 0.853. The highest BCUT2D eigenvalue weighted by molar-refractivity contribution is 6.32. The van der Waals surface area contributed by atoms with E-state index in [2.05, 4.69) is 4.98 Å². The zero-order chi connectivity index (χ0) is 9.97. The highest BCUT2D eigenvalue weighted by Crippen LogP contribution is 2.17. The topological polar surface area (TPSA) is 43.1 Å². The average Bonchev–Trinajstić information content (AvgIpc) is 2.67. The van der Waals surface area contributed by atoms with Crippen LogP contribution < -0.4 is 5.46 Å². The van der Waals surface area contributed by atoms with Gasteiger partial charge in [0.2, 0.25) is 0 Å². The van der Waals surface area contributed by atoms with Gasteiger partial charge in [-0.25, -0.2) is 0 Å². The Bertz CT molecular complexity index is 447. The molecule has 14 heavy (non-hydrogen) atoms. The van der Waals surface area contributed by atoms with Gasteiger partial charge in [0.25, 0.3) is 0 Å². The fraction of sp³-hybridized carbons (Fsp3) is 0. The lowest BCUT2D eigenvalue weighted by Crippen LogP contribution is -2.01. The van der Waals surface area contributed by atoms with Crippen molar-refractivity contribution in [3.63, 3.8) is 0 Å². The van der Waals surface area contributed by atoms with Crippen LogP contribution in [-0.2, 0) is 0 Å². The van der Waals surface area contributed by atoms with Gasteiger partial charge < -0.3 is 4.42 Å². The molecular weight excluding hydrogens is 177 g/mol. The number of furan rings is 1. The first-order chi connectivity index (χ1) is 6.79. The number of aldehydes is 1. The van der Waals surface area contributed by atoms with Crippen LogP contribution in [0.4, 0.5) is 0 Å². The molecule has 0 aliphatic rings. The standard InChI is InChI=1S/C10H6BNO2/c11-7-1-3-9(12-5-7)10-4-2-8(6-13)14-10/h1-6H. The maximum absolute atomic E-state index is 10.4. The summed E-state index contributed by atoms with van der Waals surface area (Å²) in [6.07, 6.45) is 2.19. The van der Waals surface area contributed by atoms with Crippen molar-refractivity contribution < 1.29 is 9.21 Å².